The average molecular weight is 1150 g/mol. The zero-order chi connectivity index (χ0) is 58.8. The molecule has 0 bridgehead atoms. The number of hydrogen-bond donors (Lipinski definition) is 9. The normalized spacial score (nSPS) is 24.4. The first-order valence-corrected chi connectivity index (χ1v) is 33.4. The molecule has 0 aromatic heterocycles. The lowest BCUT2D eigenvalue weighted by atomic mass is 9.97. The second kappa shape index (κ2) is 52.3. The van der Waals surface area contributed by atoms with Gasteiger partial charge in [0.1, 0.15) is 48.8 Å². The topological polar surface area (TPSA) is 228 Å². The lowest BCUT2D eigenvalue weighted by Gasteiger charge is -2.46. The molecule has 0 spiro atoms. The summed E-state index contributed by atoms with van der Waals surface area (Å²) in [5.41, 5.74) is 0. The van der Waals surface area contributed by atoms with Gasteiger partial charge in [-0.2, -0.15) is 0 Å². The number of ether oxygens (including phenoxy) is 4. The van der Waals surface area contributed by atoms with Crippen molar-refractivity contribution in [2.24, 2.45) is 0 Å². The van der Waals surface area contributed by atoms with Crippen LogP contribution < -0.4 is 5.32 Å². The van der Waals surface area contributed by atoms with Crippen molar-refractivity contribution in [3.8, 4) is 0 Å². The van der Waals surface area contributed by atoms with Gasteiger partial charge < -0.3 is 65.1 Å². The molecular weight excluding hydrogens is 1030 g/mol. The number of carbonyl (C=O) groups is 1. The highest BCUT2D eigenvalue weighted by Crippen LogP contribution is 2.30. The van der Waals surface area contributed by atoms with E-state index in [4.69, 9.17) is 18.9 Å². The Morgan fingerprint density at radius 1 is 0.432 bits per heavy atom. The van der Waals surface area contributed by atoms with E-state index in [1.807, 2.05) is 6.08 Å². The highest BCUT2D eigenvalue weighted by atomic mass is 16.7. The molecule has 9 N–H and O–H groups in total. The standard InChI is InChI=1S/C67H123NO13/c1-3-5-7-9-11-13-15-17-19-21-23-24-25-26-27-28-29-30-31-32-33-35-37-39-41-43-45-47-49-51-59(72)68-55(56(71)50-48-46-44-42-40-38-36-34-22-20-18-16-14-12-10-8-6-4-2)54-78-66-64(77)62(75)65(58(53-70)80-66)81-67-63(76)61(74)60(73)57(52-69)79-67/h21-23,34,40,42,48,50,55-58,60-67,69-71,73-77H,3-20,24-33,35-39,41,43-47,49,51-54H2,1-2H3,(H,68,72)/b23-21-,34-22+,42-40+,50-48+. The van der Waals surface area contributed by atoms with Crippen LogP contribution in [0.5, 0.6) is 0 Å². The van der Waals surface area contributed by atoms with Gasteiger partial charge in [-0.05, 0) is 70.6 Å². The van der Waals surface area contributed by atoms with Gasteiger partial charge in [0, 0.05) is 6.42 Å². The number of hydrogen-bond acceptors (Lipinski definition) is 13. The van der Waals surface area contributed by atoms with Crippen molar-refractivity contribution < 1.29 is 64.6 Å². The van der Waals surface area contributed by atoms with E-state index >= 15 is 0 Å². The third-order valence-electron chi connectivity index (χ3n) is 16.2. The quantitative estimate of drug-likeness (QED) is 0.0204. The number of nitrogens with one attached hydrogen (secondary N) is 1. The molecule has 2 aliphatic rings. The molecule has 0 radical (unpaired) electrons. The number of unbranched alkanes of at least 4 members (excludes halogenated alkanes) is 35. The fourth-order valence-electron chi connectivity index (χ4n) is 10.8. The van der Waals surface area contributed by atoms with Crippen LogP contribution in [0.4, 0.5) is 0 Å². The Morgan fingerprint density at radius 2 is 0.790 bits per heavy atom. The Labute approximate surface area is 493 Å². The summed E-state index contributed by atoms with van der Waals surface area (Å²) in [5.74, 6) is -0.250. The smallest absolute Gasteiger partial charge is 0.220 e. The van der Waals surface area contributed by atoms with Gasteiger partial charge in [0.15, 0.2) is 12.6 Å². The Balaban J connectivity index is 1.69. The average Bonchev–Trinajstić information content (AvgIpc) is 3.47. The van der Waals surface area contributed by atoms with Crippen molar-refractivity contribution in [2.45, 2.75) is 351 Å². The van der Waals surface area contributed by atoms with E-state index in [1.54, 1.807) is 6.08 Å². The first kappa shape index (κ1) is 75.0. The number of amides is 1. The largest absolute Gasteiger partial charge is 0.394 e. The molecule has 14 nitrogen and oxygen atoms in total. The molecule has 0 aromatic carbocycles. The Morgan fingerprint density at radius 3 is 1.21 bits per heavy atom. The van der Waals surface area contributed by atoms with Gasteiger partial charge in [0.2, 0.25) is 5.91 Å². The maximum absolute atomic E-state index is 13.3. The minimum Gasteiger partial charge on any atom is -0.394 e. The molecule has 2 heterocycles. The van der Waals surface area contributed by atoms with E-state index in [-0.39, 0.29) is 18.9 Å². The Bertz CT molecular complexity index is 1540. The van der Waals surface area contributed by atoms with Gasteiger partial charge in [-0.1, -0.05) is 249 Å². The van der Waals surface area contributed by atoms with Crippen LogP contribution in [-0.4, -0.2) is 140 Å². The zero-order valence-electron chi connectivity index (χ0n) is 51.3. The fourth-order valence-corrected chi connectivity index (χ4v) is 10.8. The molecule has 12 unspecified atom stereocenters. The number of aliphatic hydroxyl groups is 8. The number of rotatable bonds is 54. The summed E-state index contributed by atoms with van der Waals surface area (Å²) < 4.78 is 22.8. The Kier molecular flexibility index (Phi) is 48.5. The van der Waals surface area contributed by atoms with E-state index in [0.29, 0.717) is 12.8 Å². The van der Waals surface area contributed by atoms with Crippen molar-refractivity contribution in [1.82, 2.24) is 5.32 Å². The predicted octanol–water partition coefficient (Wildman–Crippen LogP) is 12.7. The van der Waals surface area contributed by atoms with Crippen LogP contribution in [0.1, 0.15) is 277 Å². The van der Waals surface area contributed by atoms with E-state index < -0.39 is 86.8 Å². The second-order valence-corrected chi connectivity index (χ2v) is 23.6. The summed E-state index contributed by atoms with van der Waals surface area (Å²) in [6.07, 6.45) is 50.2. The minimum absolute atomic E-state index is 0.250. The molecular formula is C67H123NO13. The van der Waals surface area contributed by atoms with E-state index in [9.17, 15) is 45.6 Å². The third kappa shape index (κ3) is 37.2. The number of allylic oxidation sites excluding steroid dienone is 7. The Hall–Kier alpha value is -2.05. The van der Waals surface area contributed by atoms with Crippen LogP contribution in [0.15, 0.2) is 48.6 Å². The number of carbonyl (C=O) groups excluding carboxylic acids is 1. The molecule has 1 amide bonds. The summed E-state index contributed by atoms with van der Waals surface area (Å²) in [6.45, 7) is 2.79. The van der Waals surface area contributed by atoms with Crippen molar-refractivity contribution >= 4 is 5.91 Å². The first-order chi connectivity index (χ1) is 39.6. The summed E-state index contributed by atoms with van der Waals surface area (Å²) in [7, 11) is 0. The minimum atomic E-state index is -1.79. The molecule has 474 valence electrons. The molecule has 81 heavy (non-hydrogen) atoms. The zero-order valence-corrected chi connectivity index (χ0v) is 51.3. The highest BCUT2D eigenvalue weighted by Gasteiger charge is 2.51. The maximum Gasteiger partial charge on any atom is 0.220 e. The van der Waals surface area contributed by atoms with Gasteiger partial charge in [-0.25, -0.2) is 0 Å². The molecule has 0 saturated carbocycles. The lowest BCUT2D eigenvalue weighted by Crippen LogP contribution is -2.65. The van der Waals surface area contributed by atoms with E-state index in [1.165, 1.54) is 199 Å². The SMILES string of the molecule is CCCCCCCCCC/C=C\CCCCCCCCCCCCCCCCCCCC(=O)NC(COC1OC(CO)C(OC2OC(CO)C(O)C(O)C2O)C(O)C1O)C(O)/C=C/CC/C=C/CC/C=C/CCCCCCCCCC. The summed E-state index contributed by atoms with van der Waals surface area (Å²) in [6, 6.07) is -0.938. The van der Waals surface area contributed by atoms with Crippen molar-refractivity contribution in [2.75, 3.05) is 19.8 Å². The summed E-state index contributed by atoms with van der Waals surface area (Å²) in [4.78, 5) is 13.3. The molecule has 14 heteroatoms. The third-order valence-corrected chi connectivity index (χ3v) is 16.2. The van der Waals surface area contributed by atoms with Crippen LogP contribution >= 0.6 is 0 Å². The maximum atomic E-state index is 13.3. The van der Waals surface area contributed by atoms with Gasteiger partial charge >= 0.3 is 0 Å². The van der Waals surface area contributed by atoms with Crippen LogP contribution in [0, 0.1) is 0 Å². The van der Waals surface area contributed by atoms with Crippen LogP contribution in [-0.2, 0) is 23.7 Å². The van der Waals surface area contributed by atoms with Crippen LogP contribution in [0.2, 0.25) is 0 Å². The molecule has 0 aromatic rings. The summed E-state index contributed by atoms with van der Waals surface area (Å²) >= 11 is 0. The van der Waals surface area contributed by atoms with Crippen LogP contribution in [0.3, 0.4) is 0 Å². The monoisotopic (exact) mass is 1150 g/mol. The lowest BCUT2D eigenvalue weighted by molar-refractivity contribution is -0.359. The van der Waals surface area contributed by atoms with Crippen molar-refractivity contribution in [1.29, 1.82) is 0 Å². The van der Waals surface area contributed by atoms with E-state index in [2.05, 4.69) is 55.6 Å². The van der Waals surface area contributed by atoms with Crippen molar-refractivity contribution in [3.63, 3.8) is 0 Å². The van der Waals surface area contributed by atoms with Gasteiger partial charge in [-0.15, -0.1) is 0 Å². The molecule has 12 atom stereocenters. The molecule has 0 aliphatic carbocycles. The van der Waals surface area contributed by atoms with Gasteiger partial charge in [0.05, 0.1) is 32.0 Å². The first-order valence-electron chi connectivity index (χ1n) is 33.4. The fraction of sp³-hybridized carbons (Fsp3) is 0.866. The molecule has 2 fully saturated rings. The van der Waals surface area contributed by atoms with Crippen molar-refractivity contribution in [3.05, 3.63) is 48.6 Å². The van der Waals surface area contributed by atoms with Gasteiger partial charge in [-0.3, -0.25) is 4.79 Å². The molecule has 2 rings (SSSR count). The van der Waals surface area contributed by atoms with E-state index in [0.717, 1.165) is 44.9 Å². The predicted molar refractivity (Wildman–Crippen MR) is 327 cm³/mol. The molecule has 2 aliphatic heterocycles. The second-order valence-electron chi connectivity index (χ2n) is 23.6. The van der Waals surface area contributed by atoms with Crippen LogP contribution in [0.25, 0.3) is 0 Å². The highest BCUT2D eigenvalue weighted by molar-refractivity contribution is 5.76. The van der Waals surface area contributed by atoms with Gasteiger partial charge in [0.25, 0.3) is 0 Å². The molecule has 2 saturated heterocycles. The summed E-state index contributed by atoms with van der Waals surface area (Å²) in [5, 5.41) is 87.2. The number of aliphatic hydroxyl groups excluding tert-OH is 8.